The minimum absolute atomic E-state index is 0.0330. The highest BCUT2D eigenvalue weighted by Crippen LogP contribution is 2.40. The molecule has 25 heavy (non-hydrogen) atoms. The minimum Gasteiger partial charge on any atom is -0.361 e. The van der Waals surface area contributed by atoms with Gasteiger partial charge in [0, 0.05) is 18.5 Å². The second-order valence-corrected chi connectivity index (χ2v) is 6.87. The van der Waals surface area contributed by atoms with Crippen molar-refractivity contribution in [2.45, 2.75) is 44.8 Å². The number of carbonyl (C=O) groups is 2. The van der Waals surface area contributed by atoms with Crippen LogP contribution in [0.4, 0.5) is 0 Å². The van der Waals surface area contributed by atoms with Crippen molar-refractivity contribution in [3.05, 3.63) is 53.4 Å². The molecule has 0 unspecified atom stereocenters. The van der Waals surface area contributed by atoms with E-state index in [-0.39, 0.29) is 18.4 Å². The predicted molar refractivity (Wildman–Crippen MR) is 90.3 cm³/mol. The quantitative estimate of drug-likeness (QED) is 0.838. The van der Waals surface area contributed by atoms with E-state index in [9.17, 15) is 9.59 Å². The van der Waals surface area contributed by atoms with Crippen LogP contribution in [0.25, 0.3) is 0 Å². The zero-order valence-corrected chi connectivity index (χ0v) is 14.2. The van der Waals surface area contributed by atoms with Crippen LogP contribution in [0.2, 0.25) is 0 Å². The van der Waals surface area contributed by atoms with Crippen LogP contribution in [0.3, 0.4) is 0 Å². The third-order valence-corrected chi connectivity index (χ3v) is 4.89. The zero-order chi connectivity index (χ0) is 17.4. The third kappa shape index (κ3) is 3.29. The highest BCUT2D eigenvalue weighted by Gasteiger charge is 2.37. The van der Waals surface area contributed by atoms with Crippen molar-refractivity contribution in [3.63, 3.8) is 0 Å². The molecule has 6 nitrogen and oxygen atoms in total. The maximum Gasteiger partial charge on any atom is 0.245 e. The number of amides is 2. The Bertz CT molecular complexity index is 782. The first-order chi connectivity index (χ1) is 12.1. The van der Waals surface area contributed by atoms with E-state index >= 15 is 0 Å². The maximum atomic E-state index is 12.7. The standard InChI is InChI=1S/C19H21N3O3/c1-13-19(24)21(10-14-5-3-2-4-6-14)12-18(23)22(13)11-16-9-17(25-20-16)15-7-8-15/h2-6,9,13,15H,7-8,10-12H2,1H3/t13-/m1/s1. The molecule has 0 radical (unpaired) electrons. The van der Waals surface area contributed by atoms with E-state index in [1.165, 1.54) is 0 Å². The average molecular weight is 339 g/mol. The summed E-state index contributed by atoms with van der Waals surface area (Å²) in [6.45, 7) is 2.66. The Kier molecular flexibility index (Phi) is 4.03. The Morgan fingerprint density at radius 2 is 1.92 bits per heavy atom. The van der Waals surface area contributed by atoms with Gasteiger partial charge in [-0.15, -0.1) is 0 Å². The van der Waals surface area contributed by atoms with Crippen molar-refractivity contribution in [2.24, 2.45) is 0 Å². The number of hydrogen-bond acceptors (Lipinski definition) is 4. The number of aromatic nitrogens is 1. The van der Waals surface area contributed by atoms with Gasteiger partial charge in [-0.3, -0.25) is 9.59 Å². The van der Waals surface area contributed by atoms with Gasteiger partial charge in [-0.1, -0.05) is 35.5 Å². The second kappa shape index (κ2) is 6.35. The van der Waals surface area contributed by atoms with Crippen LogP contribution in [0.15, 0.2) is 40.9 Å². The Labute approximate surface area is 146 Å². The molecule has 1 aliphatic heterocycles. The van der Waals surface area contributed by atoms with E-state index in [2.05, 4.69) is 5.16 Å². The fourth-order valence-electron chi connectivity index (χ4n) is 3.25. The first kappa shape index (κ1) is 15.9. The number of nitrogens with zero attached hydrogens (tertiary/aromatic N) is 3. The van der Waals surface area contributed by atoms with Gasteiger partial charge in [0.25, 0.3) is 0 Å². The largest absolute Gasteiger partial charge is 0.361 e. The summed E-state index contributed by atoms with van der Waals surface area (Å²) in [5.74, 6) is 1.29. The molecule has 2 amide bonds. The smallest absolute Gasteiger partial charge is 0.245 e. The van der Waals surface area contributed by atoms with Crippen LogP contribution in [-0.2, 0) is 22.7 Å². The molecule has 2 aromatic rings. The first-order valence-electron chi connectivity index (χ1n) is 8.69. The van der Waals surface area contributed by atoms with E-state index in [0.29, 0.717) is 24.7 Å². The third-order valence-electron chi connectivity index (χ3n) is 4.89. The van der Waals surface area contributed by atoms with Crippen LogP contribution >= 0.6 is 0 Å². The molecule has 1 atom stereocenters. The van der Waals surface area contributed by atoms with Gasteiger partial charge in [-0.2, -0.15) is 0 Å². The van der Waals surface area contributed by atoms with Crippen LogP contribution in [0, 0.1) is 0 Å². The molecule has 0 spiro atoms. The zero-order valence-electron chi connectivity index (χ0n) is 14.2. The van der Waals surface area contributed by atoms with Gasteiger partial charge < -0.3 is 14.3 Å². The summed E-state index contributed by atoms with van der Waals surface area (Å²) in [5, 5.41) is 4.06. The Hall–Kier alpha value is -2.63. The molecule has 2 heterocycles. The van der Waals surface area contributed by atoms with E-state index in [1.807, 2.05) is 36.4 Å². The van der Waals surface area contributed by atoms with Crippen molar-refractivity contribution in [3.8, 4) is 0 Å². The van der Waals surface area contributed by atoms with Crippen LogP contribution in [0.1, 0.15) is 42.7 Å². The molecule has 1 saturated carbocycles. The summed E-state index contributed by atoms with van der Waals surface area (Å²) < 4.78 is 5.34. The second-order valence-electron chi connectivity index (χ2n) is 6.87. The molecule has 1 aromatic carbocycles. The van der Waals surface area contributed by atoms with Crippen molar-refractivity contribution in [1.82, 2.24) is 15.0 Å². The molecule has 2 fully saturated rings. The van der Waals surface area contributed by atoms with Crippen molar-refractivity contribution in [1.29, 1.82) is 0 Å². The molecule has 1 aromatic heterocycles. The first-order valence-corrected chi connectivity index (χ1v) is 8.69. The Morgan fingerprint density at radius 3 is 2.64 bits per heavy atom. The summed E-state index contributed by atoms with van der Waals surface area (Å²) in [5.41, 5.74) is 1.74. The SMILES string of the molecule is C[C@@H]1C(=O)N(Cc2ccccc2)CC(=O)N1Cc1cc(C2CC2)on1. The van der Waals surface area contributed by atoms with Crippen LogP contribution < -0.4 is 0 Å². The molecule has 4 rings (SSSR count). The van der Waals surface area contributed by atoms with Gasteiger partial charge in [0.2, 0.25) is 11.8 Å². The molecule has 6 heteroatoms. The van der Waals surface area contributed by atoms with Gasteiger partial charge >= 0.3 is 0 Å². The normalized spacial score (nSPS) is 21.1. The Balaban J connectivity index is 1.44. The van der Waals surface area contributed by atoms with E-state index in [1.54, 1.807) is 16.7 Å². The summed E-state index contributed by atoms with van der Waals surface area (Å²) >= 11 is 0. The van der Waals surface area contributed by atoms with Gasteiger partial charge in [-0.05, 0) is 25.3 Å². The fraction of sp³-hybridized carbons (Fsp3) is 0.421. The summed E-state index contributed by atoms with van der Waals surface area (Å²) in [6, 6.07) is 11.1. The van der Waals surface area contributed by atoms with E-state index in [4.69, 9.17) is 4.52 Å². The monoisotopic (exact) mass is 339 g/mol. The number of piperazine rings is 1. The van der Waals surface area contributed by atoms with Gasteiger partial charge in [-0.25, -0.2) is 0 Å². The number of hydrogen-bond donors (Lipinski definition) is 0. The van der Waals surface area contributed by atoms with E-state index < -0.39 is 6.04 Å². The molecular formula is C19H21N3O3. The number of rotatable bonds is 5. The lowest BCUT2D eigenvalue weighted by Gasteiger charge is -2.38. The van der Waals surface area contributed by atoms with Gasteiger partial charge in [0.05, 0.1) is 6.54 Å². The highest BCUT2D eigenvalue weighted by molar-refractivity contribution is 5.94. The predicted octanol–water partition coefficient (Wildman–Crippen LogP) is 2.31. The lowest BCUT2D eigenvalue weighted by Crippen LogP contribution is -2.58. The molecule has 2 aliphatic rings. The molecule has 130 valence electrons. The molecule has 1 aliphatic carbocycles. The summed E-state index contributed by atoms with van der Waals surface area (Å²) in [6.07, 6.45) is 2.28. The molecule has 1 saturated heterocycles. The molecule has 0 N–H and O–H groups in total. The molecular weight excluding hydrogens is 318 g/mol. The average Bonchev–Trinajstić information content (AvgIpc) is 3.36. The topological polar surface area (TPSA) is 66.7 Å². The maximum absolute atomic E-state index is 12.7. The van der Waals surface area contributed by atoms with Gasteiger partial charge in [0.15, 0.2) is 0 Å². The Morgan fingerprint density at radius 1 is 1.16 bits per heavy atom. The summed E-state index contributed by atoms with van der Waals surface area (Å²) in [7, 11) is 0. The van der Waals surface area contributed by atoms with Crippen LogP contribution in [-0.4, -0.2) is 39.4 Å². The minimum atomic E-state index is -0.494. The number of carbonyl (C=O) groups excluding carboxylic acids is 2. The van der Waals surface area contributed by atoms with Crippen molar-refractivity contribution in [2.75, 3.05) is 6.54 Å². The fourth-order valence-corrected chi connectivity index (χ4v) is 3.25. The molecule has 0 bridgehead atoms. The number of benzene rings is 1. The highest BCUT2D eigenvalue weighted by atomic mass is 16.5. The van der Waals surface area contributed by atoms with E-state index in [0.717, 1.165) is 24.2 Å². The lowest BCUT2D eigenvalue weighted by molar-refractivity contribution is -0.156. The lowest BCUT2D eigenvalue weighted by atomic mass is 10.1. The van der Waals surface area contributed by atoms with Gasteiger partial charge in [0.1, 0.15) is 24.0 Å². The van der Waals surface area contributed by atoms with Crippen molar-refractivity contribution >= 4 is 11.8 Å². The summed E-state index contributed by atoms with van der Waals surface area (Å²) in [4.78, 5) is 28.5. The van der Waals surface area contributed by atoms with Crippen LogP contribution in [0.5, 0.6) is 0 Å². The van der Waals surface area contributed by atoms with Crippen molar-refractivity contribution < 1.29 is 14.1 Å².